The van der Waals surface area contributed by atoms with E-state index in [9.17, 15) is 0 Å². The van der Waals surface area contributed by atoms with Crippen molar-refractivity contribution in [1.82, 2.24) is 10.2 Å². The second-order valence-electron chi connectivity index (χ2n) is 3.61. The Morgan fingerprint density at radius 3 is 3.06 bits per heavy atom. The number of hydrogen-bond donors (Lipinski definition) is 1. The quantitative estimate of drug-likeness (QED) is 0.349. The summed E-state index contributed by atoms with van der Waals surface area (Å²) in [5, 5.41) is 3.21. The first-order valence-electron chi connectivity index (χ1n) is 5.48. The van der Waals surface area contributed by atoms with E-state index in [0.29, 0.717) is 13.2 Å². The highest BCUT2D eigenvalue weighted by Crippen LogP contribution is 2.05. The lowest BCUT2D eigenvalue weighted by molar-refractivity contribution is -0.0446. The summed E-state index contributed by atoms with van der Waals surface area (Å²) in [4.78, 5) is 6.41. The van der Waals surface area contributed by atoms with Gasteiger partial charge < -0.3 is 19.7 Å². The Labute approximate surface area is 120 Å². The zero-order chi connectivity index (χ0) is 11.8. The molecular weight excluding hydrogens is 333 g/mol. The minimum atomic E-state index is 0. The molecule has 1 rings (SSSR count). The van der Waals surface area contributed by atoms with Crippen molar-refractivity contribution in [3.05, 3.63) is 12.7 Å². The Bertz CT molecular complexity index is 247. The highest BCUT2D eigenvalue weighted by Gasteiger charge is 2.22. The maximum absolute atomic E-state index is 5.58. The van der Waals surface area contributed by atoms with Crippen molar-refractivity contribution in [2.45, 2.75) is 6.10 Å². The minimum absolute atomic E-state index is 0. The van der Waals surface area contributed by atoms with Gasteiger partial charge in [0, 0.05) is 33.8 Å². The van der Waals surface area contributed by atoms with E-state index in [-0.39, 0.29) is 30.1 Å². The van der Waals surface area contributed by atoms with Crippen LogP contribution in [-0.2, 0) is 9.47 Å². The number of halogens is 1. The Morgan fingerprint density at radius 2 is 2.47 bits per heavy atom. The van der Waals surface area contributed by atoms with Crippen LogP contribution in [0.2, 0.25) is 0 Å². The molecule has 6 heteroatoms. The van der Waals surface area contributed by atoms with Gasteiger partial charge in [-0.3, -0.25) is 4.99 Å². The maximum atomic E-state index is 5.58. The van der Waals surface area contributed by atoms with Crippen molar-refractivity contribution >= 4 is 29.9 Å². The number of rotatable bonds is 4. The van der Waals surface area contributed by atoms with Gasteiger partial charge in [-0.05, 0) is 0 Å². The van der Waals surface area contributed by atoms with Crippen LogP contribution < -0.4 is 5.32 Å². The molecule has 1 atom stereocenters. The lowest BCUT2D eigenvalue weighted by atomic mass is 10.3. The number of nitrogens with zero attached hydrogens (tertiary/aromatic N) is 2. The molecule has 0 aromatic heterocycles. The normalized spacial score (nSPS) is 20.7. The fraction of sp³-hybridized carbons (Fsp3) is 0.727. The van der Waals surface area contributed by atoms with Gasteiger partial charge in [-0.2, -0.15) is 0 Å². The smallest absolute Gasteiger partial charge is 0.194 e. The number of hydrogen-bond acceptors (Lipinski definition) is 3. The van der Waals surface area contributed by atoms with Gasteiger partial charge >= 0.3 is 0 Å². The van der Waals surface area contributed by atoms with Crippen LogP contribution in [0.25, 0.3) is 0 Å². The molecule has 0 saturated carbocycles. The third-order valence-electron chi connectivity index (χ3n) is 2.41. The standard InChI is InChI=1S/C11H21N3O2.HI/c1-4-5-13-11(12-2)14-6-7-16-10(8-14)9-15-3;/h4,10H,1,5-9H2,2-3H3,(H,12,13);1H. The Balaban J connectivity index is 0.00000256. The van der Waals surface area contributed by atoms with Crippen LogP contribution in [0, 0.1) is 0 Å². The molecule has 0 radical (unpaired) electrons. The van der Waals surface area contributed by atoms with E-state index < -0.39 is 0 Å². The molecular formula is C11H22IN3O2. The van der Waals surface area contributed by atoms with Gasteiger partial charge in [-0.1, -0.05) is 6.08 Å². The predicted octanol–water partition coefficient (Wildman–Crippen LogP) is 0.713. The highest BCUT2D eigenvalue weighted by molar-refractivity contribution is 14.0. The highest BCUT2D eigenvalue weighted by atomic mass is 127. The lowest BCUT2D eigenvalue weighted by Gasteiger charge is -2.34. The Morgan fingerprint density at radius 1 is 1.71 bits per heavy atom. The summed E-state index contributed by atoms with van der Waals surface area (Å²) in [6, 6.07) is 0. The monoisotopic (exact) mass is 355 g/mol. The van der Waals surface area contributed by atoms with Crippen LogP contribution in [0.5, 0.6) is 0 Å². The second-order valence-corrected chi connectivity index (χ2v) is 3.61. The van der Waals surface area contributed by atoms with Crippen LogP contribution >= 0.6 is 24.0 Å². The van der Waals surface area contributed by atoms with Crippen LogP contribution in [0.1, 0.15) is 0 Å². The van der Waals surface area contributed by atoms with Gasteiger partial charge in [0.2, 0.25) is 0 Å². The average Bonchev–Trinajstić information content (AvgIpc) is 2.31. The van der Waals surface area contributed by atoms with Gasteiger partial charge in [0.1, 0.15) is 0 Å². The van der Waals surface area contributed by atoms with Crippen LogP contribution in [0.4, 0.5) is 0 Å². The summed E-state index contributed by atoms with van der Waals surface area (Å²) in [5.74, 6) is 0.893. The number of guanidine groups is 1. The summed E-state index contributed by atoms with van der Waals surface area (Å²) in [6.45, 7) is 7.40. The van der Waals surface area contributed by atoms with E-state index in [4.69, 9.17) is 9.47 Å². The fourth-order valence-electron chi connectivity index (χ4n) is 1.69. The molecule has 100 valence electrons. The topological polar surface area (TPSA) is 46.1 Å². The Hall–Kier alpha value is -0.340. The number of methoxy groups -OCH3 is 1. The third-order valence-corrected chi connectivity index (χ3v) is 2.41. The number of morpholine rings is 1. The zero-order valence-electron chi connectivity index (χ0n) is 10.5. The minimum Gasteiger partial charge on any atom is -0.382 e. The van der Waals surface area contributed by atoms with Gasteiger partial charge in [-0.25, -0.2) is 0 Å². The first-order chi connectivity index (χ1) is 7.81. The van der Waals surface area contributed by atoms with Crippen LogP contribution in [0.3, 0.4) is 0 Å². The lowest BCUT2D eigenvalue weighted by Crippen LogP contribution is -2.51. The summed E-state index contributed by atoms with van der Waals surface area (Å²) < 4.78 is 10.7. The second kappa shape index (κ2) is 9.67. The molecule has 1 aliphatic rings. The number of aliphatic imine (C=N–C) groups is 1. The van der Waals surface area contributed by atoms with E-state index in [2.05, 4.69) is 21.8 Å². The fourth-order valence-corrected chi connectivity index (χ4v) is 1.69. The maximum Gasteiger partial charge on any atom is 0.194 e. The van der Waals surface area contributed by atoms with Gasteiger partial charge in [-0.15, -0.1) is 30.6 Å². The first kappa shape index (κ1) is 16.7. The van der Waals surface area contributed by atoms with Gasteiger partial charge in [0.05, 0.1) is 19.3 Å². The zero-order valence-corrected chi connectivity index (χ0v) is 12.8. The molecule has 1 heterocycles. The third kappa shape index (κ3) is 5.69. The molecule has 0 aromatic carbocycles. The van der Waals surface area contributed by atoms with Crippen molar-refractivity contribution in [2.75, 3.05) is 47.0 Å². The first-order valence-corrected chi connectivity index (χ1v) is 5.48. The molecule has 1 fully saturated rings. The summed E-state index contributed by atoms with van der Waals surface area (Å²) in [5.41, 5.74) is 0. The molecule has 1 unspecified atom stereocenters. The van der Waals surface area contributed by atoms with E-state index in [1.165, 1.54) is 0 Å². The molecule has 0 bridgehead atoms. The van der Waals surface area contributed by atoms with E-state index in [1.807, 2.05) is 6.08 Å². The number of ether oxygens (including phenoxy) is 2. The van der Waals surface area contributed by atoms with Crippen molar-refractivity contribution < 1.29 is 9.47 Å². The van der Waals surface area contributed by atoms with Crippen molar-refractivity contribution in [3.8, 4) is 0 Å². The molecule has 0 aliphatic carbocycles. The van der Waals surface area contributed by atoms with Crippen molar-refractivity contribution in [2.24, 2.45) is 4.99 Å². The van der Waals surface area contributed by atoms with Gasteiger partial charge in [0.15, 0.2) is 5.96 Å². The molecule has 0 aromatic rings. The molecule has 0 spiro atoms. The SMILES string of the molecule is C=CCNC(=NC)N1CCOC(COC)C1.I. The largest absolute Gasteiger partial charge is 0.382 e. The molecule has 1 aliphatic heterocycles. The molecule has 0 amide bonds. The number of nitrogens with one attached hydrogen (secondary N) is 1. The van der Waals surface area contributed by atoms with Crippen LogP contribution in [0.15, 0.2) is 17.6 Å². The molecule has 1 saturated heterocycles. The summed E-state index contributed by atoms with van der Waals surface area (Å²) in [6.07, 6.45) is 1.94. The predicted molar refractivity (Wildman–Crippen MR) is 80.2 cm³/mol. The van der Waals surface area contributed by atoms with Crippen LogP contribution in [-0.4, -0.2) is 64.0 Å². The molecule has 5 nitrogen and oxygen atoms in total. The van der Waals surface area contributed by atoms with Gasteiger partial charge in [0.25, 0.3) is 0 Å². The van der Waals surface area contributed by atoms with E-state index in [1.54, 1.807) is 14.2 Å². The van der Waals surface area contributed by atoms with Crippen molar-refractivity contribution in [3.63, 3.8) is 0 Å². The van der Waals surface area contributed by atoms with E-state index >= 15 is 0 Å². The Kier molecular flexibility index (Phi) is 9.47. The van der Waals surface area contributed by atoms with E-state index in [0.717, 1.165) is 25.6 Å². The summed E-state index contributed by atoms with van der Waals surface area (Å²) >= 11 is 0. The molecule has 1 N–H and O–H groups in total. The van der Waals surface area contributed by atoms with Crippen molar-refractivity contribution in [1.29, 1.82) is 0 Å². The summed E-state index contributed by atoms with van der Waals surface area (Å²) in [7, 11) is 3.47. The molecule has 17 heavy (non-hydrogen) atoms. The average molecular weight is 355 g/mol.